The third kappa shape index (κ3) is 0.913. The Labute approximate surface area is 63.3 Å². The second-order valence-electron chi connectivity index (χ2n) is 1.94. The van der Waals surface area contributed by atoms with Crippen molar-refractivity contribution in [1.29, 1.82) is 0 Å². The molecule has 8 heavy (non-hydrogen) atoms. The minimum absolute atomic E-state index is 0.507. The number of alkyl halides is 1. The zero-order chi connectivity index (χ0) is 6.15. The van der Waals surface area contributed by atoms with Gasteiger partial charge in [-0.1, -0.05) is 0 Å². The first kappa shape index (κ1) is 6.19. The van der Waals surface area contributed by atoms with E-state index in [1.807, 2.05) is 0 Å². The molecule has 0 bridgehead atoms. The predicted molar refractivity (Wildman–Crippen MR) is 42.5 cm³/mol. The fourth-order valence-electron chi connectivity index (χ4n) is 0.640. The Bertz CT molecular complexity index is 101. The van der Waals surface area contributed by atoms with Crippen LogP contribution in [0.1, 0.15) is 0 Å². The lowest BCUT2D eigenvalue weighted by Crippen LogP contribution is -2.27. The summed E-state index contributed by atoms with van der Waals surface area (Å²) in [5.74, 6) is 0. The molecule has 0 spiro atoms. The third-order valence-electron chi connectivity index (χ3n) is 1.21. The van der Waals surface area contributed by atoms with Crippen LogP contribution in [0, 0.1) is 0 Å². The van der Waals surface area contributed by atoms with Gasteiger partial charge in [-0.2, -0.15) is 0 Å². The van der Waals surface area contributed by atoms with Gasteiger partial charge in [0.05, 0.1) is 0 Å². The molecular formula is C5H9IN2. The molecule has 0 saturated heterocycles. The molecule has 0 saturated carbocycles. The van der Waals surface area contributed by atoms with Crippen molar-refractivity contribution in [2.75, 3.05) is 14.1 Å². The van der Waals surface area contributed by atoms with Crippen LogP contribution in [0.25, 0.3) is 0 Å². The monoisotopic (exact) mass is 224 g/mol. The van der Waals surface area contributed by atoms with Crippen LogP contribution in [0.2, 0.25) is 0 Å². The fraction of sp³-hybridized carbons (Fsp3) is 0.600. The molecule has 0 fully saturated rings. The van der Waals surface area contributed by atoms with E-state index in [1.54, 1.807) is 0 Å². The van der Waals surface area contributed by atoms with Crippen LogP contribution in [0.15, 0.2) is 12.4 Å². The summed E-state index contributed by atoms with van der Waals surface area (Å²) < 4.78 is 0.507. The number of halogens is 1. The van der Waals surface area contributed by atoms with Crippen LogP contribution in [0.5, 0.6) is 0 Å². The van der Waals surface area contributed by atoms with Crippen molar-refractivity contribution in [3.8, 4) is 0 Å². The second-order valence-corrected chi connectivity index (χ2v) is 3.05. The van der Waals surface area contributed by atoms with Crippen LogP contribution in [-0.2, 0) is 0 Å². The van der Waals surface area contributed by atoms with Crippen LogP contribution >= 0.6 is 22.6 Å². The van der Waals surface area contributed by atoms with Crippen LogP contribution in [0.4, 0.5) is 0 Å². The van der Waals surface area contributed by atoms with E-state index in [2.05, 4.69) is 58.9 Å². The average Bonchev–Trinajstić information content (AvgIpc) is 1.98. The molecule has 0 radical (unpaired) electrons. The topological polar surface area (TPSA) is 6.48 Å². The minimum atomic E-state index is 0.507. The molecule has 3 heteroatoms. The van der Waals surface area contributed by atoms with E-state index in [4.69, 9.17) is 0 Å². The number of hydrogen-bond donors (Lipinski definition) is 0. The zero-order valence-corrected chi connectivity index (χ0v) is 7.16. The van der Waals surface area contributed by atoms with Gasteiger partial charge in [-0.25, -0.2) is 0 Å². The molecular weight excluding hydrogens is 215 g/mol. The molecule has 0 aromatic rings. The highest BCUT2D eigenvalue weighted by Gasteiger charge is 2.14. The summed E-state index contributed by atoms with van der Waals surface area (Å²) in [7, 11) is 4.13. The predicted octanol–water partition coefficient (Wildman–Crippen LogP) is 1.05. The third-order valence-corrected chi connectivity index (χ3v) is 2.97. The van der Waals surface area contributed by atoms with Crippen LogP contribution in [-0.4, -0.2) is 28.1 Å². The van der Waals surface area contributed by atoms with Crippen molar-refractivity contribution >= 4 is 22.6 Å². The van der Waals surface area contributed by atoms with E-state index in [0.29, 0.717) is 4.17 Å². The molecule has 0 atom stereocenters. The molecule has 0 aromatic carbocycles. The number of hydrogen-bond acceptors (Lipinski definition) is 2. The Morgan fingerprint density at radius 2 is 1.62 bits per heavy atom. The zero-order valence-electron chi connectivity index (χ0n) is 5.00. The Balaban J connectivity index is 2.55. The van der Waals surface area contributed by atoms with E-state index in [0.717, 1.165) is 0 Å². The smallest absolute Gasteiger partial charge is 0.154 e. The standard InChI is InChI=1S/C5H9IN2/c1-7-3-4-8(2)5(7)6/h3-5H,1-2H3. The van der Waals surface area contributed by atoms with Gasteiger partial charge < -0.3 is 9.80 Å². The molecule has 1 heterocycles. The first-order valence-corrected chi connectivity index (χ1v) is 3.72. The lowest BCUT2D eigenvalue weighted by atomic mass is 10.9. The Morgan fingerprint density at radius 3 is 1.75 bits per heavy atom. The fourth-order valence-corrected chi connectivity index (χ4v) is 1.01. The quantitative estimate of drug-likeness (QED) is 0.345. The van der Waals surface area contributed by atoms with Gasteiger partial charge in [-0.05, 0) is 22.6 Å². The van der Waals surface area contributed by atoms with E-state index in [-0.39, 0.29) is 0 Å². The number of rotatable bonds is 0. The molecule has 0 aliphatic carbocycles. The first-order chi connectivity index (χ1) is 3.72. The maximum absolute atomic E-state index is 2.37. The van der Waals surface area contributed by atoms with Crippen LogP contribution < -0.4 is 0 Å². The van der Waals surface area contributed by atoms with E-state index >= 15 is 0 Å². The summed E-state index contributed by atoms with van der Waals surface area (Å²) in [6, 6.07) is 0. The van der Waals surface area contributed by atoms with Gasteiger partial charge in [0.1, 0.15) is 0 Å². The highest BCUT2D eigenvalue weighted by molar-refractivity contribution is 14.1. The van der Waals surface area contributed by atoms with Gasteiger partial charge in [0.25, 0.3) is 0 Å². The Kier molecular flexibility index (Phi) is 1.65. The summed E-state index contributed by atoms with van der Waals surface area (Å²) >= 11 is 2.37. The molecule has 0 N–H and O–H groups in total. The molecule has 1 aliphatic heterocycles. The van der Waals surface area contributed by atoms with Gasteiger partial charge in [-0.15, -0.1) is 0 Å². The molecule has 2 nitrogen and oxygen atoms in total. The molecule has 0 unspecified atom stereocenters. The highest BCUT2D eigenvalue weighted by atomic mass is 127. The van der Waals surface area contributed by atoms with Crippen LogP contribution in [0.3, 0.4) is 0 Å². The summed E-state index contributed by atoms with van der Waals surface area (Å²) in [5, 5.41) is 0. The second kappa shape index (κ2) is 2.13. The van der Waals surface area contributed by atoms with Gasteiger partial charge >= 0.3 is 0 Å². The maximum Gasteiger partial charge on any atom is 0.154 e. The van der Waals surface area contributed by atoms with Crippen molar-refractivity contribution < 1.29 is 0 Å². The summed E-state index contributed by atoms with van der Waals surface area (Å²) in [4.78, 5) is 4.31. The molecule has 0 aromatic heterocycles. The summed E-state index contributed by atoms with van der Waals surface area (Å²) in [6.07, 6.45) is 4.13. The van der Waals surface area contributed by atoms with Gasteiger partial charge in [-0.3, -0.25) is 0 Å². The van der Waals surface area contributed by atoms with Gasteiger partial charge in [0.2, 0.25) is 0 Å². The molecule has 46 valence electrons. The maximum atomic E-state index is 2.37. The lowest BCUT2D eigenvalue weighted by Gasteiger charge is -2.20. The van der Waals surface area contributed by atoms with Crippen molar-refractivity contribution in [2.45, 2.75) is 4.17 Å². The van der Waals surface area contributed by atoms with Gasteiger partial charge in [0.15, 0.2) is 4.17 Å². The first-order valence-electron chi connectivity index (χ1n) is 2.48. The molecule has 1 aliphatic rings. The SMILES string of the molecule is CN1C=CN(C)C1I. The number of nitrogens with zero attached hydrogens (tertiary/aromatic N) is 2. The van der Waals surface area contributed by atoms with Crippen molar-refractivity contribution in [1.82, 2.24) is 9.80 Å². The molecule has 0 amide bonds. The largest absolute Gasteiger partial charge is 0.351 e. The van der Waals surface area contributed by atoms with E-state index < -0.39 is 0 Å². The Hall–Kier alpha value is 0.0700. The minimum Gasteiger partial charge on any atom is -0.351 e. The van der Waals surface area contributed by atoms with Crippen molar-refractivity contribution in [2.24, 2.45) is 0 Å². The van der Waals surface area contributed by atoms with Crippen molar-refractivity contribution in [3.63, 3.8) is 0 Å². The average molecular weight is 224 g/mol. The summed E-state index contributed by atoms with van der Waals surface area (Å²) in [5.41, 5.74) is 0. The summed E-state index contributed by atoms with van der Waals surface area (Å²) in [6.45, 7) is 0. The Morgan fingerprint density at radius 1 is 1.25 bits per heavy atom. The molecule has 1 rings (SSSR count). The van der Waals surface area contributed by atoms with E-state index in [1.165, 1.54) is 0 Å². The lowest BCUT2D eigenvalue weighted by molar-refractivity contribution is 0.318. The highest BCUT2D eigenvalue weighted by Crippen LogP contribution is 2.16. The normalized spacial score (nSPS) is 20.9. The van der Waals surface area contributed by atoms with E-state index in [9.17, 15) is 0 Å². The van der Waals surface area contributed by atoms with Gasteiger partial charge in [0, 0.05) is 26.5 Å². The van der Waals surface area contributed by atoms with Crippen molar-refractivity contribution in [3.05, 3.63) is 12.4 Å².